The number of thiophene rings is 1. The highest BCUT2D eigenvalue weighted by Gasteiger charge is 2.18. The van der Waals surface area contributed by atoms with E-state index in [0.29, 0.717) is 13.0 Å². The van der Waals surface area contributed by atoms with Crippen molar-refractivity contribution in [2.24, 2.45) is 0 Å². The van der Waals surface area contributed by atoms with Gasteiger partial charge >= 0.3 is 12.0 Å². The predicted molar refractivity (Wildman–Crippen MR) is 70.6 cm³/mol. The molecule has 3 N–H and O–H groups in total. The quantitative estimate of drug-likeness (QED) is 0.710. The minimum atomic E-state index is -0.991. The van der Waals surface area contributed by atoms with Crippen molar-refractivity contribution in [2.45, 2.75) is 38.8 Å². The maximum Gasteiger partial charge on any atom is 0.326 e. The molecule has 0 aliphatic rings. The van der Waals surface area contributed by atoms with Gasteiger partial charge in [0.15, 0.2) is 0 Å². The lowest BCUT2D eigenvalue weighted by atomic mass is 10.1. The number of urea groups is 1. The van der Waals surface area contributed by atoms with Crippen LogP contribution in [0.2, 0.25) is 0 Å². The molecule has 1 heterocycles. The molecule has 6 heteroatoms. The van der Waals surface area contributed by atoms with Crippen molar-refractivity contribution >= 4 is 23.3 Å². The van der Waals surface area contributed by atoms with Crippen LogP contribution in [-0.4, -0.2) is 23.1 Å². The van der Waals surface area contributed by atoms with E-state index in [2.05, 4.69) is 10.6 Å². The van der Waals surface area contributed by atoms with Crippen LogP contribution in [0.15, 0.2) is 17.5 Å². The van der Waals surface area contributed by atoms with Crippen LogP contribution in [0, 0.1) is 0 Å². The Hall–Kier alpha value is -1.56. The fourth-order valence-corrected chi connectivity index (χ4v) is 2.10. The lowest BCUT2D eigenvalue weighted by molar-refractivity contribution is -0.139. The zero-order valence-electron chi connectivity index (χ0n) is 10.3. The minimum Gasteiger partial charge on any atom is -0.480 e. The number of amides is 2. The molecule has 1 atom stereocenters. The fourth-order valence-electron chi connectivity index (χ4n) is 1.46. The summed E-state index contributed by atoms with van der Waals surface area (Å²) in [4.78, 5) is 23.5. The van der Waals surface area contributed by atoms with Gasteiger partial charge in [0, 0.05) is 4.88 Å². The summed E-state index contributed by atoms with van der Waals surface area (Å²) in [7, 11) is 0. The number of hydrogen-bond donors (Lipinski definition) is 3. The van der Waals surface area contributed by atoms with E-state index in [1.807, 2.05) is 24.4 Å². The summed E-state index contributed by atoms with van der Waals surface area (Å²) in [5.41, 5.74) is 0. The highest BCUT2D eigenvalue weighted by atomic mass is 32.1. The van der Waals surface area contributed by atoms with Crippen molar-refractivity contribution in [3.05, 3.63) is 22.4 Å². The second-order valence-corrected chi connectivity index (χ2v) is 4.97. The molecular formula is C12H18N2O3S. The molecule has 0 saturated heterocycles. The largest absolute Gasteiger partial charge is 0.480 e. The van der Waals surface area contributed by atoms with Gasteiger partial charge < -0.3 is 15.7 Å². The Labute approximate surface area is 110 Å². The van der Waals surface area contributed by atoms with Crippen molar-refractivity contribution in [2.75, 3.05) is 0 Å². The van der Waals surface area contributed by atoms with Crippen LogP contribution in [0.5, 0.6) is 0 Å². The molecule has 18 heavy (non-hydrogen) atoms. The molecule has 1 aromatic rings. The first-order valence-corrected chi connectivity index (χ1v) is 6.81. The third-order valence-electron chi connectivity index (χ3n) is 2.45. The second-order valence-electron chi connectivity index (χ2n) is 3.94. The maximum absolute atomic E-state index is 11.5. The van der Waals surface area contributed by atoms with Crippen molar-refractivity contribution in [3.8, 4) is 0 Å². The van der Waals surface area contributed by atoms with Gasteiger partial charge in [-0.1, -0.05) is 25.8 Å². The molecular weight excluding hydrogens is 252 g/mol. The molecule has 5 nitrogen and oxygen atoms in total. The Kier molecular flexibility index (Phi) is 6.21. The van der Waals surface area contributed by atoms with Gasteiger partial charge in [-0.25, -0.2) is 9.59 Å². The van der Waals surface area contributed by atoms with Gasteiger partial charge in [-0.2, -0.15) is 0 Å². The Balaban J connectivity index is 2.34. The molecule has 0 bridgehead atoms. The molecule has 0 fully saturated rings. The van der Waals surface area contributed by atoms with Gasteiger partial charge in [0.25, 0.3) is 0 Å². The Morgan fingerprint density at radius 1 is 1.50 bits per heavy atom. The zero-order chi connectivity index (χ0) is 13.4. The molecule has 1 rings (SSSR count). The summed E-state index contributed by atoms with van der Waals surface area (Å²) in [5, 5.41) is 16.0. The summed E-state index contributed by atoms with van der Waals surface area (Å²) in [6.45, 7) is 2.40. The third kappa shape index (κ3) is 5.18. The minimum absolute atomic E-state index is 0.420. The van der Waals surface area contributed by atoms with E-state index < -0.39 is 18.0 Å². The van der Waals surface area contributed by atoms with Gasteiger partial charge in [0.1, 0.15) is 6.04 Å². The molecule has 0 aliphatic carbocycles. The lowest BCUT2D eigenvalue weighted by Gasteiger charge is -2.14. The SMILES string of the molecule is CCCC[C@H](NC(=O)NCc1cccs1)C(=O)O. The number of nitrogens with one attached hydrogen (secondary N) is 2. The highest BCUT2D eigenvalue weighted by Crippen LogP contribution is 2.07. The molecule has 0 unspecified atom stereocenters. The first-order valence-electron chi connectivity index (χ1n) is 5.93. The van der Waals surface area contributed by atoms with Gasteiger partial charge in [0.05, 0.1) is 6.54 Å². The van der Waals surface area contributed by atoms with E-state index in [1.54, 1.807) is 11.3 Å². The van der Waals surface area contributed by atoms with Gasteiger partial charge in [-0.3, -0.25) is 0 Å². The summed E-state index contributed by atoms with van der Waals surface area (Å²) < 4.78 is 0. The lowest BCUT2D eigenvalue weighted by Crippen LogP contribution is -2.45. The van der Waals surface area contributed by atoms with E-state index in [0.717, 1.165) is 17.7 Å². The number of carbonyl (C=O) groups excluding carboxylic acids is 1. The molecule has 0 aliphatic heterocycles. The van der Waals surface area contributed by atoms with Crippen LogP contribution in [0.3, 0.4) is 0 Å². The normalized spacial score (nSPS) is 11.8. The summed E-state index contributed by atoms with van der Waals surface area (Å²) in [6.07, 6.45) is 2.14. The van der Waals surface area contributed by atoms with E-state index >= 15 is 0 Å². The Morgan fingerprint density at radius 2 is 2.28 bits per heavy atom. The fraction of sp³-hybridized carbons (Fsp3) is 0.500. The van der Waals surface area contributed by atoms with Crippen LogP contribution in [0.25, 0.3) is 0 Å². The standard InChI is InChI=1S/C12H18N2O3S/c1-2-3-6-10(11(15)16)14-12(17)13-8-9-5-4-7-18-9/h4-5,7,10H,2-3,6,8H2,1H3,(H,15,16)(H2,13,14,17)/t10-/m0/s1. The van der Waals surface area contributed by atoms with Crippen molar-refractivity contribution in [1.29, 1.82) is 0 Å². The van der Waals surface area contributed by atoms with Crippen molar-refractivity contribution < 1.29 is 14.7 Å². The van der Waals surface area contributed by atoms with Gasteiger partial charge in [-0.05, 0) is 17.9 Å². The van der Waals surface area contributed by atoms with E-state index in [4.69, 9.17) is 5.11 Å². The molecule has 0 saturated carbocycles. The Morgan fingerprint density at radius 3 is 2.83 bits per heavy atom. The number of carbonyl (C=O) groups is 2. The number of rotatable bonds is 7. The van der Waals surface area contributed by atoms with Crippen molar-refractivity contribution in [1.82, 2.24) is 10.6 Å². The van der Waals surface area contributed by atoms with Crippen LogP contribution < -0.4 is 10.6 Å². The molecule has 100 valence electrons. The number of unbranched alkanes of at least 4 members (excludes halogenated alkanes) is 1. The van der Waals surface area contributed by atoms with E-state index in [9.17, 15) is 9.59 Å². The van der Waals surface area contributed by atoms with Crippen molar-refractivity contribution in [3.63, 3.8) is 0 Å². The monoisotopic (exact) mass is 270 g/mol. The van der Waals surface area contributed by atoms with E-state index in [-0.39, 0.29) is 0 Å². The topological polar surface area (TPSA) is 78.4 Å². The molecule has 2 amide bonds. The average molecular weight is 270 g/mol. The first kappa shape index (κ1) is 14.5. The number of carboxylic acids is 1. The highest BCUT2D eigenvalue weighted by molar-refractivity contribution is 7.09. The van der Waals surface area contributed by atoms with Crippen LogP contribution in [0.1, 0.15) is 31.1 Å². The molecule has 0 radical (unpaired) electrons. The zero-order valence-corrected chi connectivity index (χ0v) is 11.1. The molecule has 0 aromatic carbocycles. The smallest absolute Gasteiger partial charge is 0.326 e. The Bertz CT molecular complexity index is 379. The number of carboxylic acid groups (broad SMARTS) is 1. The van der Waals surface area contributed by atoms with Gasteiger partial charge in [0.2, 0.25) is 0 Å². The van der Waals surface area contributed by atoms with E-state index in [1.165, 1.54) is 0 Å². The second kappa shape index (κ2) is 7.71. The summed E-state index contributed by atoms with van der Waals surface area (Å²) in [5.74, 6) is -0.991. The van der Waals surface area contributed by atoms with Crippen LogP contribution in [-0.2, 0) is 11.3 Å². The molecule has 1 aromatic heterocycles. The van der Waals surface area contributed by atoms with Crippen LogP contribution in [0.4, 0.5) is 4.79 Å². The average Bonchev–Trinajstić information content (AvgIpc) is 2.84. The molecule has 0 spiro atoms. The predicted octanol–water partition coefficient (Wildman–Crippen LogP) is 2.19. The maximum atomic E-state index is 11.5. The van der Waals surface area contributed by atoms with Crippen LogP contribution >= 0.6 is 11.3 Å². The number of aliphatic carboxylic acids is 1. The summed E-state index contributed by atoms with van der Waals surface area (Å²) in [6, 6.07) is 2.57. The summed E-state index contributed by atoms with van der Waals surface area (Å²) >= 11 is 1.55. The first-order chi connectivity index (χ1) is 8.63. The third-order valence-corrected chi connectivity index (χ3v) is 3.33. The number of hydrogen-bond acceptors (Lipinski definition) is 3. The van der Waals surface area contributed by atoms with Gasteiger partial charge in [-0.15, -0.1) is 11.3 Å².